The molecule has 5 nitrogen and oxygen atoms in total. The van der Waals surface area contributed by atoms with Crippen LogP contribution in [0.1, 0.15) is 29.8 Å². The summed E-state index contributed by atoms with van der Waals surface area (Å²) >= 11 is 1.73. The fourth-order valence-electron chi connectivity index (χ4n) is 4.47. The first-order valence-corrected chi connectivity index (χ1v) is 11.7. The van der Waals surface area contributed by atoms with Gasteiger partial charge in [0.1, 0.15) is 5.75 Å². The second-order valence-electron chi connectivity index (χ2n) is 8.20. The van der Waals surface area contributed by atoms with Crippen LogP contribution in [0.3, 0.4) is 0 Å². The van der Waals surface area contributed by atoms with Gasteiger partial charge in [-0.25, -0.2) is 4.98 Å². The van der Waals surface area contributed by atoms with Crippen molar-refractivity contribution in [2.75, 3.05) is 33.0 Å². The van der Waals surface area contributed by atoms with Crippen LogP contribution < -0.4 is 14.2 Å². The van der Waals surface area contributed by atoms with Crippen molar-refractivity contribution in [2.45, 2.75) is 32.6 Å². The molecule has 0 radical (unpaired) electrons. The lowest BCUT2D eigenvalue weighted by Crippen LogP contribution is -2.35. The van der Waals surface area contributed by atoms with E-state index in [0.29, 0.717) is 6.79 Å². The molecule has 158 valence electrons. The summed E-state index contributed by atoms with van der Waals surface area (Å²) in [6.45, 7) is 6.58. The highest BCUT2D eigenvalue weighted by atomic mass is 32.1. The monoisotopic (exact) mass is 424 g/mol. The summed E-state index contributed by atoms with van der Waals surface area (Å²) in [6.07, 6.45) is 4.62. The summed E-state index contributed by atoms with van der Waals surface area (Å²) in [5, 5.41) is 1.10. The maximum absolute atomic E-state index is 5.97. The molecule has 0 atom stereocenters. The van der Waals surface area contributed by atoms with Gasteiger partial charge in [0.2, 0.25) is 6.79 Å². The quantitative estimate of drug-likeness (QED) is 0.496. The molecule has 3 aromatic rings. The van der Waals surface area contributed by atoms with Gasteiger partial charge < -0.3 is 19.1 Å². The van der Waals surface area contributed by atoms with E-state index < -0.39 is 0 Å². The fourth-order valence-corrected chi connectivity index (χ4v) is 5.27. The van der Waals surface area contributed by atoms with E-state index in [-0.39, 0.29) is 0 Å². The largest absolute Gasteiger partial charge is 0.493 e. The molecule has 0 N–H and O–H groups in total. The number of benzene rings is 2. The third-order valence-electron chi connectivity index (χ3n) is 6.05. The van der Waals surface area contributed by atoms with E-state index in [0.717, 1.165) is 59.7 Å². The number of fused-ring (bicyclic) bond motifs is 2. The SMILES string of the molecule is Cc1nc2cc(OCCCN3CCC(Cc4cccc5c4OCO5)CC3)ccc2s1. The Morgan fingerprint density at radius 3 is 2.97 bits per heavy atom. The zero-order valence-electron chi connectivity index (χ0n) is 17.4. The Bertz CT molecular complexity index is 1010. The lowest BCUT2D eigenvalue weighted by Gasteiger charge is -2.32. The van der Waals surface area contributed by atoms with Crippen LogP contribution in [0.15, 0.2) is 36.4 Å². The van der Waals surface area contributed by atoms with E-state index in [2.05, 4.69) is 40.2 Å². The van der Waals surface area contributed by atoms with E-state index in [1.165, 1.54) is 36.2 Å². The van der Waals surface area contributed by atoms with Crippen molar-refractivity contribution in [1.29, 1.82) is 0 Å². The Morgan fingerprint density at radius 1 is 1.17 bits per heavy atom. The van der Waals surface area contributed by atoms with E-state index in [9.17, 15) is 0 Å². The maximum atomic E-state index is 5.97. The Hall–Kier alpha value is -2.31. The summed E-state index contributed by atoms with van der Waals surface area (Å²) in [5.74, 6) is 3.51. The highest BCUT2D eigenvalue weighted by Gasteiger charge is 2.23. The van der Waals surface area contributed by atoms with Crippen LogP contribution in [-0.2, 0) is 6.42 Å². The number of para-hydroxylation sites is 1. The van der Waals surface area contributed by atoms with Gasteiger partial charge in [0, 0.05) is 12.6 Å². The number of piperidine rings is 1. The lowest BCUT2D eigenvalue weighted by atomic mass is 9.89. The number of hydrogen-bond acceptors (Lipinski definition) is 6. The molecule has 0 spiro atoms. The minimum Gasteiger partial charge on any atom is -0.493 e. The number of hydrogen-bond donors (Lipinski definition) is 0. The lowest BCUT2D eigenvalue weighted by molar-refractivity contribution is 0.166. The standard InChI is InChI=1S/C24H28N2O3S/c1-17-25-21-15-20(6-7-23(21)30-17)27-13-3-10-26-11-8-18(9-12-26)14-19-4-2-5-22-24(19)29-16-28-22/h2,4-7,15,18H,3,8-14,16H2,1H3. The molecule has 1 saturated heterocycles. The van der Waals surface area contributed by atoms with Crippen LogP contribution in [-0.4, -0.2) is 42.9 Å². The number of likely N-dealkylation sites (tertiary alicyclic amines) is 1. The second-order valence-corrected chi connectivity index (χ2v) is 9.44. The molecular weight excluding hydrogens is 396 g/mol. The molecular formula is C24H28N2O3S. The van der Waals surface area contributed by atoms with Gasteiger partial charge in [-0.1, -0.05) is 12.1 Å². The molecule has 1 aromatic heterocycles. The Labute approximate surface area is 181 Å². The molecule has 30 heavy (non-hydrogen) atoms. The number of ether oxygens (including phenoxy) is 3. The molecule has 2 aliphatic rings. The van der Waals surface area contributed by atoms with Crippen LogP contribution >= 0.6 is 11.3 Å². The first kappa shape index (κ1) is 19.6. The smallest absolute Gasteiger partial charge is 0.231 e. The van der Waals surface area contributed by atoms with Crippen molar-refractivity contribution >= 4 is 21.6 Å². The van der Waals surface area contributed by atoms with Gasteiger partial charge in [0.25, 0.3) is 0 Å². The van der Waals surface area contributed by atoms with E-state index in [1.54, 1.807) is 11.3 Å². The minimum atomic E-state index is 0.351. The number of nitrogens with zero attached hydrogens (tertiary/aromatic N) is 2. The average molecular weight is 425 g/mol. The first-order chi connectivity index (χ1) is 14.7. The van der Waals surface area contributed by atoms with Crippen LogP contribution in [0.25, 0.3) is 10.2 Å². The Balaban J connectivity index is 1.04. The zero-order valence-corrected chi connectivity index (χ0v) is 18.2. The summed E-state index contributed by atoms with van der Waals surface area (Å²) in [5.41, 5.74) is 2.34. The molecule has 1 fully saturated rings. The third-order valence-corrected chi connectivity index (χ3v) is 7.00. The number of aromatic nitrogens is 1. The molecule has 0 unspecified atom stereocenters. The molecule has 2 aromatic carbocycles. The molecule has 0 saturated carbocycles. The summed E-state index contributed by atoms with van der Waals surface area (Å²) in [4.78, 5) is 7.12. The molecule has 0 amide bonds. The average Bonchev–Trinajstić information content (AvgIpc) is 3.38. The van der Waals surface area contributed by atoms with Crippen LogP contribution in [0.2, 0.25) is 0 Å². The minimum absolute atomic E-state index is 0.351. The van der Waals surface area contributed by atoms with Gasteiger partial charge in [-0.2, -0.15) is 0 Å². The highest BCUT2D eigenvalue weighted by molar-refractivity contribution is 7.18. The zero-order chi connectivity index (χ0) is 20.3. The van der Waals surface area contributed by atoms with Crippen LogP contribution in [0.5, 0.6) is 17.2 Å². The first-order valence-electron chi connectivity index (χ1n) is 10.8. The molecule has 3 heterocycles. The highest BCUT2D eigenvalue weighted by Crippen LogP contribution is 2.37. The van der Waals surface area contributed by atoms with Crippen molar-refractivity contribution in [1.82, 2.24) is 9.88 Å². The molecule has 5 rings (SSSR count). The van der Waals surface area contributed by atoms with Crippen molar-refractivity contribution in [3.8, 4) is 17.2 Å². The van der Waals surface area contributed by atoms with Gasteiger partial charge in [0.05, 0.1) is 21.8 Å². The maximum Gasteiger partial charge on any atom is 0.231 e. The number of thiazole rings is 1. The van der Waals surface area contributed by atoms with Gasteiger partial charge in [-0.3, -0.25) is 0 Å². The molecule has 0 aliphatic carbocycles. The topological polar surface area (TPSA) is 43.8 Å². The molecule has 0 bridgehead atoms. The third kappa shape index (κ3) is 4.40. The van der Waals surface area contributed by atoms with E-state index in [4.69, 9.17) is 14.2 Å². The Kier molecular flexibility index (Phi) is 5.77. The normalized spacial score (nSPS) is 17.0. The van der Waals surface area contributed by atoms with E-state index >= 15 is 0 Å². The van der Waals surface area contributed by atoms with Crippen molar-refractivity contribution in [3.63, 3.8) is 0 Å². The van der Waals surface area contributed by atoms with Gasteiger partial charge in [-0.15, -0.1) is 11.3 Å². The van der Waals surface area contributed by atoms with Crippen molar-refractivity contribution in [2.24, 2.45) is 5.92 Å². The molecule has 6 heteroatoms. The fraction of sp³-hybridized carbons (Fsp3) is 0.458. The van der Waals surface area contributed by atoms with Crippen LogP contribution in [0, 0.1) is 12.8 Å². The van der Waals surface area contributed by atoms with Crippen LogP contribution in [0.4, 0.5) is 0 Å². The van der Waals surface area contributed by atoms with Crippen molar-refractivity contribution < 1.29 is 14.2 Å². The van der Waals surface area contributed by atoms with Gasteiger partial charge >= 0.3 is 0 Å². The predicted molar refractivity (Wildman–Crippen MR) is 120 cm³/mol. The van der Waals surface area contributed by atoms with Crippen molar-refractivity contribution in [3.05, 3.63) is 47.0 Å². The summed E-state index contributed by atoms with van der Waals surface area (Å²) < 4.78 is 18.4. The molecule has 2 aliphatic heterocycles. The van der Waals surface area contributed by atoms with E-state index in [1.807, 2.05) is 13.0 Å². The van der Waals surface area contributed by atoms with Gasteiger partial charge in [0.15, 0.2) is 11.5 Å². The summed E-state index contributed by atoms with van der Waals surface area (Å²) in [7, 11) is 0. The predicted octanol–water partition coefficient (Wildman–Crippen LogP) is 5.06. The Morgan fingerprint density at radius 2 is 2.07 bits per heavy atom. The summed E-state index contributed by atoms with van der Waals surface area (Å²) in [6, 6.07) is 12.5. The second kappa shape index (κ2) is 8.82. The van der Waals surface area contributed by atoms with Gasteiger partial charge in [-0.05, 0) is 75.4 Å². The number of rotatable bonds is 7. The number of aryl methyl sites for hydroxylation is 1.